The Morgan fingerprint density at radius 1 is 1.46 bits per heavy atom. The van der Waals surface area contributed by atoms with E-state index in [1.165, 1.54) is 19.2 Å². The van der Waals surface area contributed by atoms with Crippen LogP contribution in [0.2, 0.25) is 0 Å². The fraction of sp³-hybridized carbons (Fsp3) is 0.143. The molecular weight excluding hydrogens is 210 g/mol. The van der Waals surface area contributed by atoms with Gasteiger partial charge in [0.15, 0.2) is 0 Å². The molecule has 6 heteroatoms. The Labute approximate surface area is 82.2 Å². The van der Waals surface area contributed by atoms with Gasteiger partial charge in [0.25, 0.3) is 0 Å². The number of hydrogen-bond acceptors (Lipinski definition) is 4. The number of methoxy groups -OCH3 is 1. The van der Waals surface area contributed by atoms with Crippen LogP contribution < -0.4 is 9.88 Å². The minimum Gasteiger partial charge on any atom is -0.497 e. The second kappa shape index (κ2) is 3.57. The average Bonchev–Trinajstić information content (AvgIpc) is 2.03. The first-order valence-electron chi connectivity index (χ1n) is 3.35. The maximum atomic E-state index is 11.0. The first-order valence-corrected chi connectivity index (χ1v) is 5.34. The number of sulfonamides is 1. The van der Waals surface area contributed by atoms with Crippen LogP contribution in [0, 0.1) is 0 Å². The summed E-state index contributed by atoms with van der Waals surface area (Å²) in [7, 11) is -2.28. The van der Waals surface area contributed by atoms with Gasteiger partial charge in [0, 0.05) is 11.0 Å². The summed E-state index contributed by atoms with van der Waals surface area (Å²) in [5.41, 5.74) is 0. The third-order valence-electron chi connectivity index (χ3n) is 1.47. The second-order valence-electron chi connectivity index (χ2n) is 2.38. The molecule has 0 heterocycles. The van der Waals surface area contributed by atoms with Crippen molar-refractivity contribution in [3.63, 3.8) is 0 Å². The van der Waals surface area contributed by atoms with Crippen molar-refractivity contribution < 1.29 is 13.2 Å². The van der Waals surface area contributed by atoms with Gasteiger partial charge in [-0.2, -0.15) is 0 Å². The minimum absolute atomic E-state index is 0.0322. The Balaban J connectivity index is 3.36. The summed E-state index contributed by atoms with van der Waals surface area (Å²) in [4.78, 5) is 0.276. The fourth-order valence-corrected chi connectivity index (χ4v) is 2.01. The molecular formula is C7H9NO3S2. The van der Waals surface area contributed by atoms with Crippen molar-refractivity contribution in [1.82, 2.24) is 0 Å². The van der Waals surface area contributed by atoms with Crippen molar-refractivity contribution in [3.8, 4) is 5.75 Å². The summed E-state index contributed by atoms with van der Waals surface area (Å²) in [6.07, 6.45) is 0. The summed E-state index contributed by atoms with van der Waals surface area (Å²) in [6, 6.07) is 4.45. The Morgan fingerprint density at radius 3 is 2.54 bits per heavy atom. The molecule has 0 saturated carbocycles. The number of ether oxygens (including phenoxy) is 1. The lowest BCUT2D eigenvalue weighted by atomic mass is 10.3. The summed E-state index contributed by atoms with van der Waals surface area (Å²) in [6.45, 7) is 0. The number of primary sulfonamides is 1. The Hall–Kier alpha value is -0.720. The van der Waals surface area contributed by atoms with Crippen molar-refractivity contribution >= 4 is 22.7 Å². The predicted molar refractivity (Wildman–Crippen MR) is 51.6 cm³/mol. The predicted octanol–water partition coefficient (Wildman–Crippen LogP) is 0.631. The highest BCUT2D eigenvalue weighted by Gasteiger charge is 2.12. The third kappa shape index (κ3) is 2.36. The third-order valence-corrected chi connectivity index (χ3v) is 2.97. The van der Waals surface area contributed by atoms with Crippen LogP contribution in [0.5, 0.6) is 5.75 Å². The van der Waals surface area contributed by atoms with E-state index in [0.29, 0.717) is 10.6 Å². The van der Waals surface area contributed by atoms with Crippen LogP contribution in [-0.2, 0) is 10.0 Å². The SMILES string of the molecule is COc1ccc(S)c(S(N)(=O)=O)c1. The maximum Gasteiger partial charge on any atom is 0.239 e. The molecule has 72 valence electrons. The van der Waals surface area contributed by atoms with Crippen LogP contribution in [0.3, 0.4) is 0 Å². The molecule has 0 bridgehead atoms. The molecule has 0 saturated heterocycles. The zero-order valence-electron chi connectivity index (χ0n) is 6.89. The topological polar surface area (TPSA) is 69.4 Å². The quantitative estimate of drug-likeness (QED) is 0.717. The smallest absolute Gasteiger partial charge is 0.239 e. The Bertz CT molecular complexity index is 414. The van der Waals surface area contributed by atoms with E-state index in [2.05, 4.69) is 12.6 Å². The molecule has 0 aliphatic heterocycles. The molecule has 0 amide bonds. The molecule has 0 unspecified atom stereocenters. The van der Waals surface area contributed by atoms with E-state index in [1.807, 2.05) is 0 Å². The molecule has 4 nitrogen and oxygen atoms in total. The average molecular weight is 219 g/mol. The van der Waals surface area contributed by atoms with E-state index in [0.717, 1.165) is 0 Å². The molecule has 0 aliphatic rings. The molecule has 1 aromatic rings. The normalized spacial score (nSPS) is 11.3. The van der Waals surface area contributed by atoms with Crippen LogP contribution in [0.4, 0.5) is 0 Å². The summed E-state index contributed by atoms with van der Waals surface area (Å²) in [5, 5.41) is 4.95. The van der Waals surface area contributed by atoms with Crippen LogP contribution in [0.1, 0.15) is 0 Å². The van der Waals surface area contributed by atoms with E-state index in [-0.39, 0.29) is 4.90 Å². The Kier molecular flexibility index (Phi) is 2.84. The van der Waals surface area contributed by atoms with Gasteiger partial charge >= 0.3 is 0 Å². The van der Waals surface area contributed by atoms with E-state index >= 15 is 0 Å². The number of nitrogens with two attached hydrogens (primary N) is 1. The van der Waals surface area contributed by atoms with Gasteiger partial charge in [-0.05, 0) is 12.1 Å². The summed E-state index contributed by atoms with van der Waals surface area (Å²) < 4.78 is 26.8. The van der Waals surface area contributed by atoms with Gasteiger partial charge in [-0.1, -0.05) is 0 Å². The van der Waals surface area contributed by atoms with Crippen LogP contribution >= 0.6 is 12.6 Å². The van der Waals surface area contributed by atoms with Crippen molar-refractivity contribution in [2.75, 3.05) is 7.11 Å². The van der Waals surface area contributed by atoms with E-state index in [4.69, 9.17) is 9.88 Å². The van der Waals surface area contributed by atoms with Crippen LogP contribution in [0.15, 0.2) is 28.0 Å². The highest BCUT2D eigenvalue weighted by molar-refractivity contribution is 7.90. The highest BCUT2D eigenvalue weighted by atomic mass is 32.2. The summed E-state index contributed by atoms with van der Waals surface area (Å²) >= 11 is 3.96. The zero-order chi connectivity index (χ0) is 10.1. The molecule has 1 aromatic carbocycles. The van der Waals surface area contributed by atoms with Gasteiger partial charge in [0.05, 0.1) is 12.0 Å². The van der Waals surface area contributed by atoms with E-state index in [9.17, 15) is 8.42 Å². The number of rotatable bonds is 2. The van der Waals surface area contributed by atoms with Gasteiger partial charge in [-0.15, -0.1) is 12.6 Å². The minimum atomic E-state index is -3.72. The Morgan fingerprint density at radius 2 is 2.08 bits per heavy atom. The molecule has 1 rings (SSSR count). The van der Waals surface area contributed by atoms with Gasteiger partial charge < -0.3 is 4.74 Å². The van der Waals surface area contributed by atoms with Crippen molar-refractivity contribution in [2.45, 2.75) is 9.79 Å². The molecule has 0 aromatic heterocycles. The lowest BCUT2D eigenvalue weighted by Gasteiger charge is -2.04. The monoisotopic (exact) mass is 219 g/mol. The molecule has 0 fully saturated rings. The van der Waals surface area contributed by atoms with Gasteiger partial charge in [0.1, 0.15) is 5.75 Å². The van der Waals surface area contributed by atoms with Crippen molar-refractivity contribution in [3.05, 3.63) is 18.2 Å². The standard InChI is InChI=1S/C7H9NO3S2/c1-11-5-2-3-6(12)7(4-5)13(8,9)10/h2-4,12H,1H3,(H2,8,9,10). The van der Waals surface area contributed by atoms with Crippen LogP contribution in [-0.4, -0.2) is 15.5 Å². The first kappa shape index (κ1) is 10.4. The highest BCUT2D eigenvalue weighted by Crippen LogP contribution is 2.23. The maximum absolute atomic E-state index is 11.0. The lowest BCUT2D eigenvalue weighted by Crippen LogP contribution is -2.12. The zero-order valence-corrected chi connectivity index (χ0v) is 8.60. The van der Waals surface area contributed by atoms with Crippen molar-refractivity contribution in [2.24, 2.45) is 5.14 Å². The molecule has 2 N–H and O–H groups in total. The molecule has 13 heavy (non-hydrogen) atoms. The molecule has 0 aliphatic carbocycles. The lowest BCUT2D eigenvalue weighted by molar-refractivity contribution is 0.413. The van der Waals surface area contributed by atoms with Crippen LogP contribution in [0.25, 0.3) is 0 Å². The molecule has 0 atom stereocenters. The molecule has 0 spiro atoms. The first-order chi connectivity index (χ1) is 5.95. The van der Waals surface area contributed by atoms with E-state index < -0.39 is 10.0 Å². The van der Waals surface area contributed by atoms with Crippen molar-refractivity contribution in [1.29, 1.82) is 0 Å². The number of benzene rings is 1. The largest absolute Gasteiger partial charge is 0.497 e. The van der Waals surface area contributed by atoms with Gasteiger partial charge in [-0.3, -0.25) is 0 Å². The van der Waals surface area contributed by atoms with E-state index in [1.54, 1.807) is 6.07 Å². The number of thiol groups is 1. The summed E-state index contributed by atoms with van der Waals surface area (Å²) in [5.74, 6) is 0.432. The second-order valence-corrected chi connectivity index (χ2v) is 4.39. The fourth-order valence-electron chi connectivity index (χ4n) is 0.849. The van der Waals surface area contributed by atoms with Gasteiger partial charge in [0.2, 0.25) is 10.0 Å². The molecule has 0 radical (unpaired) electrons. The van der Waals surface area contributed by atoms with Gasteiger partial charge in [-0.25, -0.2) is 13.6 Å². The number of hydrogen-bond donors (Lipinski definition) is 2.